The number of aryl methyl sites for hydroxylation is 1. The molecule has 0 spiro atoms. The fraction of sp³-hybridized carbons (Fsp3) is 0.333. The van der Waals surface area contributed by atoms with Gasteiger partial charge in [-0.3, -0.25) is 19.1 Å². The van der Waals surface area contributed by atoms with Gasteiger partial charge in [0.15, 0.2) is 17.1 Å². The topological polar surface area (TPSA) is 115 Å². The van der Waals surface area contributed by atoms with Gasteiger partial charge in [0.25, 0.3) is 11.5 Å². The predicted octanol–water partition coefficient (Wildman–Crippen LogP) is 2.91. The zero-order valence-corrected chi connectivity index (χ0v) is 18.0. The van der Waals surface area contributed by atoms with Crippen molar-refractivity contribution in [3.63, 3.8) is 0 Å². The first kappa shape index (κ1) is 20.9. The molecule has 1 aromatic carbocycles. The fourth-order valence-corrected chi connectivity index (χ4v) is 3.61. The van der Waals surface area contributed by atoms with Crippen molar-refractivity contribution in [2.75, 3.05) is 18.5 Å². The molecule has 2 aromatic heterocycles. The van der Waals surface area contributed by atoms with Crippen molar-refractivity contribution in [3.05, 3.63) is 55.3 Å². The van der Waals surface area contributed by atoms with E-state index in [4.69, 9.17) is 21.1 Å². The third kappa shape index (κ3) is 3.76. The van der Waals surface area contributed by atoms with Gasteiger partial charge in [-0.15, -0.1) is 0 Å². The Morgan fingerprint density at radius 3 is 2.55 bits per heavy atom. The third-order valence-corrected chi connectivity index (χ3v) is 5.31. The summed E-state index contributed by atoms with van der Waals surface area (Å²) < 4.78 is 12.4. The monoisotopic (exact) mass is 444 g/mol. The number of aromatic amines is 1. The highest BCUT2D eigenvalue weighted by atomic mass is 35.5. The van der Waals surface area contributed by atoms with E-state index in [0.717, 1.165) is 0 Å². The molecule has 0 aliphatic carbocycles. The summed E-state index contributed by atoms with van der Waals surface area (Å²) >= 11 is 6.32. The van der Waals surface area contributed by atoms with Crippen LogP contribution in [0.4, 0.5) is 5.69 Å². The lowest BCUT2D eigenvalue weighted by molar-refractivity contribution is 0.102. The number of halogens is 1. The lowest BCUT2D eigenvalue weighted by Crippen LogP contribution is -2.32. The lowest BCUT2D eigenvalue weighted by Gasteiger charge is -2.20. The molecule has 0 saturated carbocycles. The summed E-state index contributed by atoms with van der Waals surface area (Å²) in [6, 6.07) is 4.71. The highest BCUT2D eigenvalue weighted by Gasteiger charge is 2.22. The highest BCUT2D eigenvalue weighted by molar-refractivity contribution is 6.34. The molecule has 0 unspecified atom stereocenters. The van der Waals surface area contributed by atoms with Crippen LogP contribution in [0.5, 0.6) is 11.5 Å². The molecule has 31 heavy (non-hydrogen) atoms. The van der Waals surface area contributed by atoms with E-state index < -0.39 is 17.2 Å². The normalized spacial score (nSPS) is 12.9. The number of pyridine rings is 1. The van der Waals surface area contributed by atoms with E-state index in [0.29, 0.717) is 36.1 Å². The summed E-state index contributed by atoms with van der Waals surface area (Å²) in [6.45, 7) is 6.67. The largest absolute Gasteiger partial charge is 0.486 e. The van der Waals surface area contributed by atoms with Crippen LogP contribution in [0, 0.1) is 0 Å². The molecule has 9 nitrogen and oxygen atoms in total. The number of ether oxygens (including phenoxy) is 2. The predicted molar refractivity (Wildman–Crippen MR) is 117 cm³/mol. The maximum atomic E-state index is 13.3. The molecule has 2 N–H and O–H groups in total. The first-order chi connectivity index (χ1) is 14.8. The van der Waals surface area contributed by atoms with Gasteiger partial charge in [-0.2, -0.15) is 0 Å². The Balaban J connectivity index is 1.86. The molecule has 0 bridgehead atoms. The zero-order valence-electron chi connectivity index (χ0n) is 17.2. The molecule has 3 heterocycles. The van der Waals surface area contributed by atoms with Gasteiger partial charge in [0, 0.05) is 24.4 Å². The molecule has 0 fully saturated rings. The van der Waals surface area contributed by atoms with E-state index in [-0.39, 0.29) is 34.1 Å². The number of nitrogens with one attached hydrogen (secondary N) is 2. The van der Waals surface area contributed by atoms with Gasteiger partial charge < -0.3 is 14.8 Å². The Bertz CT molecular complexity index is 1310. The third-order valence-electron chi connectivity index (χ3n) is 5.00. The Hall–Kier alpha value is -3.33. The van der Waals surface area contributed by atoms with Crippen LogP contribution < -0.4 is 26.0 Å². The smallest absolute Gasteiger partial charge is 0.329 e. The van der Waals surface area contributed by atoms with Crippen LogP contribution in [0.2, 0.25) is 5.02 Å². The van der Waals surface area contributed by atoms with Crippen LogP contribution in [0.15, 0.2) is 27.8 Å². The minimum atomic E-state index is -0.675. The summed E-state index contributed by atoms with van der Waals surface area (Å²) in [5.41, 5.74) is -0.0881. The number of fused-ring (bicyclic) bond motifs is 2. The van der Waals surface area contributed by atoms with Crippen LogP contribution >= 0.6 is 11.6 Å². The number of aromatic nitrogens is 3. The number of anilines is 1. The van der Waals surface area contributed by atoms with Gasteiger partial charge in [-0.1, -0.05) is 25.4 Å². The number of carbonyl (C=O) groups is 1. The number of amides is 1. The van der Waals surface area contributed by atoms with Gasteiger partial charge in [-0.25, -0.2) is 9.78 Å². The van der Waals surface area contributed by atoms with Gasteiger partial charge in [0.1, 0.15) is 13.2 Å². The maximum absolute atomic E-state index is 13.3. The second-order valence-electron chi connectivity index (χ2n) is 7.38. The van der Waals surface area contributed by atoms with E-state index in [2.05, 4.69) is 15.3 Å². The highest BCUT2D eigenvalue weighted by Crippen LogP contribution is 2.38. The standard InChI is InChI=1S/C21H21ClN4O5/c1-4-26-18-17(20(28)25-21(26)29)11(7-13(23-18)10(2)3)19(27)24-14-9-16-15(8-12(14)22)30-5-6-31-16/h7-10H,4-6H2,1-3H3,(H,24,27)(H,25,28,29). The number of hydrogen-bond donors (Lipinski definition) is 2. The molecule has 1 aliphatic rings. The second kappa shape index (κ2) is 8.07. The van der Waals surface area contributed by atoms with Crippen LogP contribution in [0.25, 0.3) is 11.0 Å². The molecule has 1 aliphatic heterocycles. The number of rotatable bonds is 4. The molecule has 3 aromatic rings. The summed E-state index contributed by atoms with van der Waals surface area (Å²) in [5.74, 6) is 0.369. The number of carbonyl (C=O) groups excluding carboxylic acids is 1. The number of nitrogens with zero attached hydrogens (tertiary/aromatic N) is 2. The molecule has 1 amide bonds. The quantitative estimate of drug-likeness (QED) is 0.639. The van der Waals surface area contributed by atoms with Gasteiger partial charge in [0.05, 0.1) is 21.7 Å². The van der Waals surface area contributed by atoms with Gasteiger partial charge >= 0.3 is 5.69 Å². The Morgan fingerprint density at radius 2 is 1.90 bits per heavy atom. The van der Waals surface area contributed by atoms with Crippen LogP contribution in [-0.2, 0) is 6.54 Å². The Kier molecular flexibility index (Phi) is 5.45. The minimum absolute atomic E-state index is 0.0338. The average Bonchev–Trinajstić information content (AvgIpc) is 2.73. The van der Waals surface area contributed by atoms with Crippen molar-refractivity contribution in [1.82, 2.24) is 14.5 Å². The first-order valence-electron chi connectivity index (χ1n) is 9.88. The zero-order chi connectivity index (χ0) is 22.3. The maximum Gasteiger partial charge on any atom is 0.329 e. The molecule has 162 valence electrons. The molecular formula is C21H21ClN4O5. The minimum Gasteiger partial charge on any atom is -0.486 e. The van der Waals surface area contributed by atoms with Gasteiger partial charge in [0.2, 0.25) is 0 Å². The lowest BCUT2D eigenvalue weighted by atomic mass is 10.0. The second-order valence-corrected chi connectivity index (χ2v) is 7.79. The van der Waals surface area contributed by atoms with Crippen molar-refractivity contribution in [2.45, 2.75) is 33.2 Å². The van der Waals surface area contributed by atoms with Crippen LogP contribution in [0.1, 0.15) is 42.7 Å². The van der Waals surface area contributed by atoms with Crippen molar-refractivity contribution in [2.24, 2.45) is 0 Å². The summed E-state index contributed by atoms with van der Waals surface area (Å²) in [6.07, 6.45) is 0. The Morgan fingerprint density at radius 1 is 1.23 bits per heavy atom. The molecule has 0 saturated heterocycles. The Labute approximate surface area is 182 Å². The van der Waals surface area contributed by atoms with Gasteiger partial charge in [-0.05, 0) is 18.9 Å². The number of benzene rings is 1. The first-order valence-corrected chi connectivity index (χ1v) is 10.3. The molecular weight excluding hydrogens is 424 g/mol. The van der Waals surface area contributed by atoms with Crippen LogP contribution in [0.3, 0.4) is 0 Å². The van der Waals surface area contributed by atoms with Crippen molar-refractivity contribution >= 4 is 34.2 Å². The van der Waals surface area contributed by atoms with E-state index in [1.54, 1.807) is 25.1 Å². The van der Waals surface area contributed by atoms with Crippen molar-refractivity contribution in [3.8, 4) is 11.5 Å². The number of H-pyrrole nitrogens is 1. The van der Waals surface area contributed by atoms with Crippen molar-refractivity contribution in [1.29, 1.82) is 0 Å². The van der Waals surface area contributed by atoms with E-state index in [1.165, 1.54) is 4.57 Å². The summed E-state index contributed by atoms with van der Waals surface area (Å²) in [4.78, 5) is 44.9. The average molecular weight is 445 g/mol. The summed E-state index contributed by atoms with van der Waals surface area (Å²) in [7, 11) is 0. The molecule has 10 heteroatoms. The summed E-state index contributed by atoms with van der Waals surface area (Å²) in [5, 5.41) is 3.04. The van der Waals surface area contributed by atoms with E-state index >= 15 is 0 Å². The van der Waals surface area contributed by atoms with Crippen LogP contribution in [-0.4, -0.2) is 33.7 Å². The fourth-order valence-electron chi connectivity index (χ4n) is 3.41. The molecule has 4 rings (SSSR count). The van der Waals surface area contributed by atoms with E-state index in [1.807, 2.05) is 13.8 Å². The molecule has 0 atom stereocenters. The van der Waals surface area contributed by atoms with Crippen molar-refractivity contribution < 1.29 is 14.3 Å². The van der Waals surface area contributed by atoms with E-state index in [9.17, 15) is 14.4 Å². The molecule has 0 radical (unpaired) electrons. The SMILES string of the molecule is CCn1c(=O)[nH]c(=O)c2c(C(=O)Nc3cc4c(cc3Cl)OCCO4)cc(C(C)C)nc21. The number of hydrogen-bond acceptors (Lipinski definition) is 6.